The first-order valence-electron chi connectivity index (χ1n) is 11.0. The quantitative estimate of drug-likeness (QED) is 0.559. The zero-order valence-electron chi connectivity index (χ0n) is 18.3. The minimum absolute atomic E-state index is 0.0645. The van der Waals surface area contributed by atoms with E-state index in [1.807, 2.05) is 6.07 Å². The van der Waals surface area contributed by atoms with Crippen LogP contribution in [0.5, 0.6) is 5.88 Å². The summed E-state index contributed by atoms with van der Waals surface area (Å²) in [5, 5.41) is 3.72. The van der Waals surface area contributed by atoms with Gasteiger partial charge in [-0.1, -0.05) is 6.92 Å². The molecule has 0 spiro atoms. The average molecular weight is 440 g/mol. The molecule has 3 aromatic rings. The number of aromatic nitrogens is 2. The first kappa shape index (κ1) is 22.1. The average Bonchev–Trinajstić information content (AvgIpc) is 2.82. The van der Waals surface area contributed by atoms with Gasteiger partial charge in [0.25, 0.3) is 5.91 Å². The molecule has 0 aliphatic heterocycles. The zero-order chi connectivity index (χ0) is 22.7. The molecule has 4 rings (SSSR count). The minimum Gasteiger partial charge on any atom is -0.481 e. The molecule has 0 radical (unpaired) electrons. The maximum Gasteiger partial charge on any atom is 0.253 e. The van der Waals surface area contributed by atoms with Crippen LogP contribution in [-0.4, -0.2) is 29.0 Å². The van der Waals surface area contributed by atoms with Gasteiger partial charge in [-0.25, -0.2) is 13.8 Å². The maximum absolute atomic E-state index is 14.2. The fourth-order valence-electron chi connectivity index (χ4n) is 4.83. The van der Waals surface area contributed by atoms with Crippen LogP contribution in [0.4, 0.5) is 8.78 Å². The number of carbonyl (C=O) groups excluding carboxylic acids is 1. The van der Waals surface area contributed by atoms with Gasteiger partial charge in [0.2, 0.25) is 5.88 Å². The summed E-state index contributed by atoms with van der Waals surface area (Å²) < 4.78 is 33.0. The number of pyridine rings is 2. The Morgan fingerprint density at radius 1 is 1.16 bits per heavy atom. The van der Waals surface area contributed by atoms with Gasteiger partial charge in [-0.3, -0.25) is 9.78 Å². The van der Waals surface area contributed by atoms with Crippen molar-refractivity contribution in [1.82, 2.24) is 15.3 Å². The Bertz CT molecular complexity index is 1100. The SMILES string of the molecule is CC[C@@H](NC(=O)c1ccc(OC)nc1)[C@H]1CC[C@@H](c2ccnc3c(F)cc(F)cc32)CC1. The van der Waals surface area contributed by atoms with E-state index in [-0.39, 0.29) is 23.4 Å². The first-order chi connectivity index (χ1) is 15.5. The van der Waals surface area contributed by atoms with E-state index in [4.69, 9.17) is 4.74 Å². The van der Waals surface area contributed by atoms with Gasteiger partial charge >= 0.3 is 0 Å². The second kappa shape index (κ2) is 9.59. The van der Waals surface area contributed by atoms with Crippen LogP contribution in [0.25, 0.3) is 10.9 Å². The van der Waals surface area contributed by atoms with Gasteiger partial charge in [-0.05, 0) is 67.7 Å². The third-order valence-corrected chi connectivity index (χ3v) is 6.54. The van der Waals surface area contributed by atoms with Crippen LogP contribution >= 0.6 is 0 Å². The predicted molar refractivity (Wildman–Crippen MR) is 119 cm³/mol. The topological polar surface area (TPSA) is 64.1 Å². The number of benzene rings is 1. The number of ether oxygens (including phenoxy) is 1. The lowest BCUT2D eigenvalue weighted by atomic mass is 9.75. The van der Waals surface area contributed by atoms with Crippen LogP contribution in [0.2, 0.25) is 0 Å². The number of fused-ring (bicyclic) bond motifs is 1. The molecule has 168 valence electrons. The molecule has 1 saturated carbocycles. The van der Waals surface area contributed by atoms with Crippen molar-refractivity contribution in [3.63, 3.8) is 0 Å². The van der Waals surface area contributed by atoms with E-state index < -0.39 is 11.6 Å². The van der Waals surface area contributed by atoms with Crippen LogP contribution in [0, 0.1) is 17.6 Å². The summed E-state index contributed by atoms with van der Waals surface area (Å²) in [6.07, 6.45) is 7.63. The number of hydrogen-bond acceptors (Lipinski definition) is 4. The highest BCUT2D eigenvalue weighted by Crippen LogP contribution is 2.40. The summed E-state index contributed by atoms with van der Waals surface area (Å²) in [5.74, 6) is -0.308. The van der Waals surface area contributed by atoms with Crippen LogP contribution in [-0.2, 0) is 0 Å². The van der Waals surface area contributed by atoms with Crippen molar-refractivity contribution < 1.29 is 18.3 Å². The molecule has 0 unspecified atom stereocenters. The molecule has 1 aliphatic carbocycles. The van der Waals surface area contributed by atoms with Crippen molar-refractivity contribution in [2.24, 2.45) is 5.92 Å². The van der Waals surface area contributed by atoms with Crippen molar-refractivity contribution in [2.45, 2.75) is 51.0 Å². The zero-order valence-corrected chi connectivity index (χ0v) is 18.3. The smallest absolute Gasteiger partial charge is 0.253 e. The molecule has 1 amide bonds. The molecule has 2 heterocycles. The summed E-state index contributed by atoms with van der Waals surface area (Å²) in [4.78, 5) is 20.9. The standard InChI is InChI=1S/C25H27F2N3O2/c1-3-22(30-25(31)17-8-9-23(32-2)29-14-17)16-6-4-15(5-7-16)19-10-11-28-24-20(19)12-18(26)13-21(24)27/h8-16,22H,3-7H2,1-2H3,(H,30,31)/t15-,16+,22-/m1/s1. The van der Waals surface area contributed by atoms with Crippen LogP contribution in [0.1, 0.15) is 60.9 Å². The highest BCUT2D eigenvalue weighted by molar-refractivity contribution is 5.94. The second-order valence-electron chi connectivity index (χ2n) is 8.37. The van der Waals surface area contributed by atoms with E-state index in [2.05, 4.69) is 22.2 Å². The molecule has 2 aromatic heterocycles. The molecule has 7 heteroatoms. The van der Waals surface area contributed by atoms with Crippen LogP contribution in [0.3, 0.4) is 0 Å². The lowest BCUT2D eigenvalue weighted by molar-refractivity contribution is 0.0909. The molecular formula is C25H27F2N3O2. The second-order valence-corrected chi connectivity index (χ2v) is 8.37. The van der Waals surface area contributed by atoms with Gasteiger partial charge in [-0.15, -0.1) is 0 Å². The number of nitrogens with zero attached hydrogens (tertiary/aromatic N) is 2. The highest BCUT2D eigenvalue weighted by atomic mass is 19.1. The third kappa shape index (κ3) is 4.56. The fourth-order valence-corrected chi connectivity index (χ4v) is 4.83. The fraction of sp³-hybridized carbons (Fsp3) is 0.400. The summed E-state index contributed by atoms with van der Waals surface area (Å²) in [6, 6.07) is 7.58. The molecule has 32 heavy (non-hydrogen) atoms. The van der Waals surface area contributed by atoms with Crippen LogP contribution < -0.4 is 10.1 Å². The van der Waals surface area contributed by atoms with E-state index in [0.717, 1.165) is 43.7 Å². The van der Waals surface area contributed by atoms with Gasteiger partial charge in [0.1, 0.15) is 11.3 Å². The number of methoxy groups -OCH3 is 1. The molecule has 1 N–H and O–H groups in total. The van der Waals surface area contributed by atoms with Gasteiger partial charge < -0.3 is 10.1 Å². The van der Waals surface area contributed by atoms with Gasteiger partial charge in [0.15, 0.2) is 5.82 Å². The first-order valence-corrected chi connectivity index (χ1v) is 11.0. The van der Waals surface area contributed by atoms with Gasteiger partial charge in [0.05, 0.1) is 12.7 Å². The van der Waals surface area contributed by atoms with Crippen molar-refractivity contribution in [3.05, 3.63) is 65.5 Å². The number of carbonyl (C=O) groups is 1. The minimum atomic E-state index is -0.627. The maximum atomic E-state index is 14.2. The number of amides is 1. The Hall–Kier alpha value is -3.09. The van der Waals surface area contributed by atoms with Crippen LogP contribution in [0.15, 0.2) is 42.7 Å². The Morgan fingerprint density at radius 3 is 2.59 bits per heavy atom. The Morgan fingerprint density at radius 2 is 1.94 bits per heavy atom. The monoisotopic (exact) mass is 439 g/mol. The van der Waals surface area contributed by atoms with Gasteiger partial charge in [-0.2, -0.15) is 0 Å². The molecule has 0 bridgehead atoms. The van der Waals surface area contributed by atoms with Crippen molar-refractivity contribution in [1.29, 1.82) is 0 Å². The summed E-state index contributed by atoms with van der Waals surface area (Å²) in [5.41, 5.74) is 1.68. The largest absolute Gasteiger partial charge is 0.481 e. The van der Waals surface area contributed by atoms with E-state index in [1.54, 1.807) is 18.3 Å². The van der Waals surface area contributed by atoms with Gasteiger partial charge in [0, 0.05) is 36.0 Å². The predicted octanol–water partition coefficient (Wildman–Crippen LogP) is 5.40. The molecular weight excluding hydrogens is 412 g/mol. The Kier molecular flexibility index (Phi) is 6.63. The third-order valence-electron chi connectivity index (χ3n) is 6.54. The summed E-state index contributed by atoms with van der Waals surface area (Å²) >= 11 is 0. The molecule has 1 aliphatic rings. The molecule has 1 atom stereocenters. The highest BCUT2D eigenvalue weighted by Gasteiger charge is 2.29. The summed E-state index contributed by atoms with van der Waals surface area (Å²) in [6.45, 7) is 2.07. The number of hydrogen-bond donors (Lipinski definition) is 1. The molecule has 1 fully saturated rings. The van der Waals surface area contributed by atoms with E-state index in [1.165, 1.54) is 19.4 Å². The Balaban J connectivity index is 1.43. The lowest BCUT2D eigenvalue weighted by Crippen LogP contribution is -2.41. The number of rotatable bonds is 6. The molecule has 5 nitrogen and oxygen atoms in total. The lowest BCUT2D eigenvalue weighted by Gasteiger charge is -2.34. The number of halogens is 2. The summed E-state index contributed by atoms with van der Waals surface area (Å²) in [7, 11) is 1.54. The van der Waals surface area contributed by atoms with E-state index in [0.29, 0.717) is 22.7 Å². The molecule has 1 aromatic carbocycles. The van der Waals surface area contributed by atoms with E-state index >= 15 is 0 Å². The normalized spacial score (nSPS) is 19.5. The van der Waals surface area contributed by atoms with Crippen molar-refractivity contribution in [3.8, 4) is 5.88 Å². The van der Waals surface area contributed by atoms with Crippen molar-refractivity contribution in [2.75, 3.05) is 7.11 Å². The molecule has 0 saturated heterocycles. The van der Waals surface area contributed by atoms with E-state index in [9.17, 15) is 13.6 Å². The number of nitrogens with one attached hydrogen (secondary N) is 1. The Labute approximate surface area is 186 Å². The van der Waals surface area contributed by atoms with Crippen molar-refractivity contribution >= 4 is 16.8 Å².